The SMILES string of the molecule is [2H]c1c([2H])c([2H])c(-c2cccc(-c3c4c([2H])c([2H])c([2H])c([2H])c4c(-c4c([2H])c([2H])c([2H])c5oc6c7c([2H])c([2H])c(-c8c([2H])c([2H])c([2H])c([2H])c8[2H])c([2H])c7c([2H])c([2H])c6c45)c4c([2H])c([2H])c([2H])c([2H])c34)c2)c([2H])c1[2H]. The van der Waals surface area contributed by atoms with Crippen LogP contribution in [0.2, 0.25) is 0 Å². The maximum atomic E-state index is 9.60. The Morgan fingerprint density at radius 2 is 1.00 bits per heavy atom. The molecule has 0 aliphatic carbocycles. The van der Waals surface area contributed by atoms with Crippen molar-refractivity contribution in [3.8, 4) is 44.5 Å². The quantitative estimate of drug-likeness (QED) is 0.173. The Balaban J connectivity index is 1.45. The lowest BCUT2D eigenvalue weighted by Gasteiger charge is -2.18. The predicted octanol–water partition coefficient (Wildman–Crippen LogP) is 13.7. The normalized spacial score (nSPS) is 19.1. The van der Waals surface area contributed by atoms with E-state index < -0.39 is 234 Å². The summed E-state index contributed by atoms with van der Waals surface area (Å²) in [7, 11) is 0. The maximum Gasteiger partial charge on any atom is 0.143 e. The van der Waals surface area contributed by atoms with Crippen molar-refractivity contribution >= 4 is 54.3 Å². The Morgan fingerprint density at radius 1 is 0.408 bits per heavy atom. The van der Waals surface area contributed by atoms with Gasteiger partial charge in [0.2, 0.25) is 0 Å². The Morgan fingerprint density at radius 3 is 1.69 bits per heavy atom. The Kier molecular flexibility index (Phi) is 2.76. The summed E-state index contributed by atoms with van der Waals surface area (Å²) in [6.45, 7) is 0. The first-order valence-corrected chi connectivity index (χ1v) is 14.7. The van der Waals surface area contributed by atoms with Gasteiger partial charge in [-0.2, -0.15) is 0 Å². The summed E-state index contributed by atoms with van der Waals surface area (Å²) in [6.07, 6.45) is 0. The highest BCUT2D eigenvalue weighted by Crippen LogP contribution is 2.48. The Hall–Kier alpha value is -6.44. The standard InChI is InChI=1S/C48H30O/c1-3-13-31(14-4-1)33-17-11-18-36(30-33)45-38-19-7-9-21-40(38)46(41-22-10-8-20-39(41)45)42-23-12-24-44-47(42)43-28-26-35-29-34(32-15-5-2-6-16-32)25-27-37(35)48(43)49-44/h1-30H/i1D,2D,3D,4D,5D,6D,7D,8D,9D,10D,12D,13D,14D,15D,16D,19D,20D,21D,22D,23D,24D,25D,26D,27D,28D,29D. The van der Waals surface area contributed by atoms with Crippen LogP contribution in [-0.2, 0) is 0 Å². The number of furan rings is 1. The first-order valence-electron chi connectivity index (χ1n) is 27.7. The van der Waals surface area contributed by atoms with Crippen molar-refractivity contribution in [2.24, 2.45) is 0 Å². The van der Waals surface area contributed by atoms with Crippen LogP contribution in [0.4, 0.5) is 0 Å². The average Bonchev–Trinajstić information content (AvgIpc) is 3.79. The van der Waals surface area contributed by atoms with Gasteiger partial charge in [-0.15, -0.1) is 0 Å². The molecule has 1 heterocycles. The van der Waals surface area contributed by atoms with Crippen LogP contribution < -0.4 is 0 Å². The van der Waals surface area contributed by atoms with Gasteiger partial charge in [0.1, 0.15) is 11.2 Å². The fraction of sp³-hybridized carbons (Fsp3) is 0. The third-order valence-electron chi connectivity index (χ3n) is 8.19. The molecule has 0 fully saturated rings. The van der Waals surface area contributed by atoms with Crippen LogP contribution >= 0.6 is 0 Å². The average molecular weight is 649 g/mol. The van der Waals surface area contributed by atoms with Crippen LogP contribution in [0.1, 0.15) is 35.6 Å². The van der Waals surface area contributed by atoms with Crippen LogP contribution in [0, 0.1) is 0 Å². The highest BCUT2D eigenvalue weighted by atomic mass is 16.3. The van der Waals surface area contributed by atoms with E-state index in [4.69, 9.17) is 27.7 Å². The van der Waals surface area contributed by atoms with Crippen LogP contribution in [0.15, 0.2) is 186 Å². The van der Waals surface area contributed by atoms with Crippen LogP contribution in [0.3, 0.4) is 0 Å². The maximum absolute atomic E-state index is 9.60. The van der Waals surface area contributed by atoms with E-state index in [0.717, 1.165) is 0 Å². The zero-order valence-corrected chi connectivity index (χ0v) is 24.7. The number of hydrogen-bond acceptors (Lipinski definition) is 1. The largest absolute Gasteiger partial charge is 0.455 e. The van der Waals surface area contributed by atoms with E-state index in [9.17, 15) is 12.3 Å². The van der Waals surface area contributed by atoms with Crippen molar-refractivity contribution in [3.63, 3.8) is 0 Å². The molecular formula is C48H30O. The lowest BCUT2D eigenvalue weighted by atomic mass is 9.84. The summed E-state index contributed by atoms with van der Waals surface area (Å²) in [5, 5.41) is -3.99. The fourth-order valence-corrected chi connectivity index (χ4v) is 6.14. The van der Waals surface area contributed by atoms with Crippen molar-refractivity contribution in [1.82, 2.24) is 0 Å². The molecule has 0 amide bonds. The topological polar surface area (TPSA) is 13.1 Å². The van der Waals surface area contributed by atoms with Gasteiger partial charge in [0.15, 0.2) is 0 Å². The van der Waals surface area contributed by atoms with Crippen LogP contribution in [0.25, 0.3) is 98.8 Å². The third-order valence-corrected chi connectivity index (χ3v) is 8.19. The highest BCUT2D eigenvalue weighted by Gasteiger charge is 2.21. The highest BCUT2D eigenvalue weighted by molar-refractivity contribution is 6.27. The van der Waals surface area contributed by atoms with Gasteiger partial charge < -0.3 is 4.42 Å². The second kappa shape index (κ2) is 11.1. The van der Waals surface area contributed by atoms with Gasteiger partial charge in [-0.25, -0.2) is 0 Å². The molecule has 228 valence electrons. The van der Waals surface area contributed by atoms with E-state index in [2.05, 4.69) is 0 Å². The number of fused-ring (bicyclic) bond motifs is 7. The summed E-state index contributed by atoms with van der Waals surface area (Å²) < 4.78 is 238. The van der Waals surface area contributed by atoms with Crippen LogP contribution in [-0.4, -0.2) is 0 Å². The molecule has 9 aromatic carbocycles. The molecular weight excluding hydrogens is 593 g/mol. The molecule has 1 heteroatoms. The number of rotatable bonds is 4. The van der Waals surface area contributed by atoms with Gasteiger partial charge in [0.05, 0.1) is 35.6 Å². The van der Waals surface area contributed by atoms with E-state index in [0.29, 0.717) is 0 Å². The molecule has 0 aliphatic heterocycles. The summed E-state index contributed by atoms with van der Waals surface area (Å²) in [6, 6.07) is -15.4. The van der Waals surface area contributed by atoms with E-state index in [1.807, 2.05) is 0 Å². The summed E-state index contributed by atoms with van der Waals surface area (Å²) in [5.41, 5.74) is -4.22. The molecule has 0 atom stereocenters. The van der Waals surface area contributed by atoms with Crippen molar-refractivity contribution in [2.45, 2.75) is 0 Å². The molecule has 0 saturated carbocycles. The molecule has 1 nitrogen and oxygen atoms in total. The monoisotopic (exact) mass is 648 g/mol. The Labute approximate surface area is 320 Å². The second-order valence-corrected chi connectivity index (χ2v) is 10.8. The van der Waals surface area contributed by atoms with Gasteiger partial charge in [-0.05, 0) is 102 Å². The molecule has 0 bridgehead atoms. The fourth-order valence-electron chi connectivity index (χ4n) is 6.14. The van der Waals surface area contributed by atoms with Crippen molar-refractivity contribution in [3.05, 3.63) is 181 Å². The van der Waals surface area contributed by atoms with E-state index in [-0.39, 0.29) is 22.3 Å². The zero-order valence-electron chi connectivity index (χ0n) is 50.7. The third kappa shape index (κ3) is 4.40. The minimum Gasteiger partial charge on any atom is -0.455 e. The predicted molar refractivity (Wildman–Crippen MR) is 208 cm³/mol. The molecule has 1 aromatic heterocycles. The lowest BCUT2D eigenvalue weighted by Crippen LogP contribution is -1.91. The van der Waals surface area contributed by atoms with E-state index in [1.54, 1.807) is 0 Å². The van der Waals surface area contributed by atoms with Gasteiger partial charge in [0, 0.05) is 16.2 Å². The summed E-state index contributed by atoms with van der Waals surface area (Å²) >= 11 is 0. The summed E-state index contributed by atoms with van der Waals surface area (Å²) in [5.74, 6) is 0. The molecule has 0 radical (unpaired) electrons. The smallest absolute Gasteiger partial charge is 0.143 e. The second-order valence-electron chi connectivity index (χ2n) is 10.8. The molecule has 10 rings (SSSR count). The van der Waals surface area contributed by atoms with E-state index >= 15 is 0 Å². The van der Waals surface area contributed by atoms with Crippen LogP contribution in [0.5, 0.6) is 0 Å². The van der Waals surface area contributed by atoms with E-state index in [1.165, 1.54) is 24.3 Å². The van der Waals surface area contributed by atoms with Crippen molar-refractivity contribution in [2.75, 3.05) is 0 Å². The molecule has 0 N–H and O–H groups in total. The Bertz CT molecular complexity index is 4230. The summed E-state index contributed by atoms with van der Waals surface area (Å²) in [4.78, 5) is 0. The molecule has 0 aliphatic rings. The minimum atomic E-state index is -0.909. The van der Waals surface area contributed by atoms with Gasteiger partial charge in [-0.1, -0.05) is 151 Å². The lowest BCUT2D eigenvalue weighted by molar-refractivity contribution is 0.673. The van der Waals surface area contributed by atoms with Crippen molar-refractivity contribution < 1.29 is 40.1 Å². The number of hydrogen-bond donors (Lipinski definition) is 0. The van der Waals surface area contributed by atoms with Crippen molar-refractivity contribution in [1.29, 1.82) is 0 Å². The molecule has 10 aromatic rings. The van der Waals surface area contributed by atoms with Gasteiger partial charge >= 0.3 is 0 Å². The molecule has 0 saturated heterocycles. The minimum absolute atomic E-state index is 0.00345. The molecule has 49 heavy (non-hydrogen) atoms. The molecule has 0 spiro atoms. The number of benzene rings is 9. The van der Waals surface area contributed by atoms with Gasteiger partial charge in [0.25, 0.3) is 0 Å². The first kappa shape index (κ1) is 12.2. The first-order chi connectivity index (χ1) is 35.1. The zero-order chi connectivity index (χ0) is 54.9. The molecule has 0 unspecified atom stereocenters. The van der Waals surface area contributed by atoms with Gasteiger partial charge in [-0.3, -0.25) is 0 Å².